The average molecular weight is 413 g/mol. The maximum atomic E-state index is 14.0. The first-order valence-corrected chi connectivity index (χ1v) is 9.99. The highest BCUT2D eigenvalue weighted by molar-refractivity contribution is 5.94. The van der Waals surface area contributed by atoms with Crippen LogP contribution < -0.4 is 20.3 Å². The number of carbonyl (C=O) groups excluding carboxylic acids is 1. The number of halogens is 1. The molecule has 8 heteroatoms. The monoisotopic (exact) mass is 413 g/mol. The maximum absolute atomic E-state index is 14.0. The molecule has 0 aliphatic carbocycles. The lowest BCUT2D eigenvalue weighted by Crippen LogP contribution is -2.53. The fraction of sp³-hybridized carbons (Fsp3) is 0.364. The van der Waals surface area contributed by atoms with E-state index in [-0.39, 0.29) is 11.7 Å². The van der Waals surface area contributed by atoms with Crippen molar-refractivity contribution in [3.05, 3.63) is 59.9 Å². The molecule has 2 aromatic carbocycles. The molecule has 3 rings (SSSR count). The van der Waals surface area contributed by atoms with Gasteiger partial charge in [0.2, 0.25) is 0 Å². The predicted molar refractivity (Wildman–Crippen MR) is 117 cm³/mol. The third kappa shape index (κ3) is 5.40. The molecule has 1 heterocycles. The van der Waals surface area contributed by atoms with Gasteiger partial charge in [-0.25, -0.2) is 4.39 Å². The SMILES string of the molecule is CN=C(NCCNC(=O)c1ccc(OC)cc1)N1CCN(c2ccccc2F)CC1. The Morgan fingerprint density at radius 2 is 1.70 bits per heavy atom. The van der Waals surface area contributed by atoms with Crippen LogP contribution in [0.4, 0.5) is 10.1 Å². The number of guanidine groups is 1. The molecule has 1 saturated heterocycles. The van der Waals surface area contributed by atoms with Gasteiger partial charge in [0.25, 0.3) is 5.91 Å². The number of hydrogen-bond acceptors (Lipinski definition) is 4. The molecule has 0 aromatic heterocycles. The van der Waals surface area contributed by atoms with Gasteiger partial charge in [0.15, 0.2) is 5.96 Å². The number of nitrogens with one attached hydrogen (secondary N) is 2. The summed E-state index contributed by atoms with van der Waals surface area (Å²) in [6.45, 7) is 3.95. The Morgan fingerprint density at radius 3 is 2.33 bits per heavy atom. The number of rotatable bonds is 6. The van der Waals surface area contributed by atoms with Gasteiger partial charge in [-0.05, 0) is 36.4 Å². The van der Waals surface area contributed by atoms with Crippen molar-refractivity contribution in [1.82, 2.24) is 15.5 Å². The summed E-state index contributed by atoms with van der Waals surface area (Å²) in [5.74, 6) is 1.17. The molecule has 0 unspecified atom stereocenters. The van der Waals surface area contributed by atoms with E-state index in [1.165, 1.54) is 6.07 Å². The smallest absolute Gasteiger partial charge is 0.251 e. The molecule has 2 aromatic rings. The zero-order valence-corrected chi connectivity index (χ0v) is 17.4. The summed E-state index contributed by atoms with van der Waals surface area (Å²) in [7, 11) is 3.33. The van der Waals surface area contributed by atoms with E-state index in [0.29, 0.717) is 30.1 Å². The molecule has 30 heavy (non-hydrogen) atoms. The first kappa shape index (κ1) is 21.4. The van der Waals surface area contributed by atoms with Gasteiger partial charge in [0, 0.05) is 51.9 Å². The molecule has 0 saturated carbocycles. The minimum atomic E-state index is -0.193. The van der Waals surface area contributed by atoms with Crippen LogP contribution in [0.3, 0.4) is 0 Å². The molecule has 0 atom stereocenters. The van der Waals surface area contributed by atoms with Crippen molar-refractivity contribution in [2.45, 2.75) is 0 Å². The van der Waals surface area contributed by atoms with E-state index in [9.17, 15) is 9.18 Å². The van der Waals surface area contributed by atoms with Crippen LogP contribution in [0.2, 0.25) is 0 Å². The van der Waals surface area contributed by atoms with Crippen LogP contribution in [0.1, 0.15) is 10.4 Å². The topological polar surface area (TPSA) is 69.2 Å². The van der Waals surface area contributed by atoms with E-state index in [1.54, 1.807) is 44.5 Å². The number of carbonyl (C=O) groups is 1. The standard InChI is InChI=1S/C22H28FN5O2/c1-24-22(26-12-11-25-21(29)17-7-9-18(30-2)10-8-17)28-15-13-27(14-16-28)20-6-4-3-5-19(20)23/h3-10H,11-16H2,1-2H3,(H,24,26)(H,25,29). The van der Waals surface area contributed by atoms with Crippen molar-refractivity contribution in [2.75, 3.05) is 58.3 Å². The Morgan fingerprint density at radius 1 is 1.03 bits per heavy atom. The third-order valence-corrected chi connectivity index (χ3v) is 5.03. The van der Waals surface area contributed by atoms with Gasteiger partial charge in [0.1, 0.15) is 11.6 Å². The number of ether oxygens (including phenoxy) is 1. The minimum Gasteiger partial charge on any atom is -0.497 e. The quantitative estimate of drug-likeness (QED) is 0.431. The molecule has 0 radical (unpaired) electrons. The number of amides is 1. The largest absolute Gasteiger partial charge is 0.497 e. The highest BCUT2D eigenvalue weighted by atomic mass is 19.1. The van der Waals surface area contributed by atoms with Gasteiger partial charge in [-0.15, -0.1) is 0 Å². The van der Waals surface area contributed by atoms with Crippen molar-refractivity contribution in [2.24, 2.45) is 4.99 Å². The molecule has 7 nitrogen and oxygen atoms in total. The first-order valence-electron chi connectivity index (χ1n) is 9.99. The zero-order valence-electron chi connectivity index (χ0n) is 17.4. The maximum Gasteiger partial charge on any atom is 0.251 e. The molecular weight excluding hydrogens is 385 g/mol. The first-order chi connectivity index (χ1) is 14.6. The summed E-state index contributed by atoms with van der Waals surface area (Å²) in [6, 6.07) is 13.8. The van der Waals surface area contributed by atoms with Gasteiger partial charge < -0.3 is 25.2 Å². The summed E-state index contributed by atoms with van der Waals surface area (Å²) in [5.41, 5.74) is 1.23. The van der Waals surface area contributed by atoms with Gasteiger partial charge in [-0.2, -0.15) is 0 Å². The zero-order chi connectivity index (χ0) is 21.3. The molecule has 0 bridgehead atoms. The molecule has 1 fully saturated rings. The minimum absolute atomic E-state index is 0.132. The number of nitrogens with zero attached hydrogens (tertiary/aromatic N) is 3. The van der Waals surface area contributed by atoms with Crippen molar-refractivity contribution >= 4 is 17.6 Å². The van der Waals surface area contributed by atoms with E-state index in [2.05, 4.69) is 20.5 Å². The number of aliphatic imine (C=N–C) groups is 1. The summed E-state index contributed by atoms with van der Waals surface area (Å²) in [5, 5.41) is 6.17. The molecular formula is C22H28FN5O2. The number of methoxy groups -OCH3 is 1. The molecule has 2 N–H and O–H groups in total. The van der Waals surface area contributed by atoms with Gasteiger partial charge >= 0.3 is 0 Å². The fourth-order valence-electron chi connectivity index (χ4n) is 3.39. The summed E-state index contributed by atoms with van der Waals surface area (Å²) in [4.78, 5) is 20.7. The van der Waals surface area contributed by atoms with Gasteiger partial charge in [-0.1, -0.05) is 12.1 Å². The van der Waals surface area contributed by atoms with Crippen molar-refractivity contribution in [3.63, 3.8) is 0 Å². The Balaban J connectivity index is 1.42. The Bertz CT molecular complexity index is 864. The second-order valence-corrected chi connectivity index (χ2v) is 6.88. The van der Waals surface area contributed by atoms with Crippen LogP contribution in [0.5, 0.6) is 5.75 Å². The Kier molecular flexibility index (Phi) is 7.48. The summed E-state index contributed by atoms with van der Waals surface area (Å²) in [6.07, 6.45) is 0. The molecule has 160 valence electrons. The highest BCUT2D eigenvalue weighted by Crippen LogP contribution is 2.20. The third-order valence-electron chi connectivity index (χ3n) is 5.03. The predicted octanol–water partition coefficient (Wildman–Crippen LogP) is 1.96. The number of anilines is 1. The second kappa shape index (κ2) is 10.5. The lowest BCUT2D eigenvalue weighted by molar-refractivity contribution is 0.0954. The average Bonchev–Trinajstić information content (AvgIpc) is 2.79. The Labute approximate surface area is 176 Å². The highest BCUT2D eigenvalue weighted by Gasteiger charge is 2.21. The van der Waals surface area contributed by atoms with Crippen LogP contribution in [0, 0.1) is 5.82 Å². The molecule has 1 aliphatic heterocycles. The number of hydrogen-bond donors (Lipinski definition) is 2. The van der Waals surface area contributed by atoms with E-state index in [4.69, 9.17) is 4.74 Å². The van der Waals surface area contributed by atoms with Gasteiger partial charge in [-0.3, -0.25) is 9.79 Å². The van der Waals surface area contributed by atoms with Crippen LogP contribution in [-0.2, 0) is 0 Å². The van der Waals surface area contributed by atoms with Crippen molar-refractivity contribution in [3.8, 4) is 5.75 Å². The van der Waals surface area contributed by atoms with E-state index < -0.39 is 0 Å². The summed E-state index contributed by atoms with van der Waals surface area (Å²) < 4.78 is 19.1. The molecule has 1 amide bonds. The van der Waals surface area contributed by atoms with Crippen LogP contribution in [-0.4, -0.2) is 70.2 Å². The molecule has 1 aliphatic rings. The number of piperazine rings is 1. The second-order valence-electron chi connectivity index (χ2n) is 6.88. The fourth-order valence-corrected chi connectivity index (χ4v) is 3.39. The molecule has 0 spiro atoms. The van der Waals surface area contributed by atoms with E-state index >= 15 is 0 Å². The van der Waals surface area contributed by atoms with E-state index in [1.807, 2.05) is 17.0 Å². The Hall–Kier alpha value is -3.29. The lowest BCUT2D eigenvalue weighted by atomic mass is 10.2. The normalized spacial score (nSPS) is 14.4. The van der Waals surface area contributed by atoms with Crippen molar-refractivity contribution < 1.29 is 13.9 Å². The lowest BCUT2D eigenvalue weighted by Gasteiger charge is -2.37. The summed E-state index contributed by atoms with van der Waals surface area (Å²) >= 11 is 0. The number of benzene rings is 2. The van der Waals surface area contributed by atoms with Crippen LogP contribution in [0.15, 0.2) is 53.5 Å². The van der Waals surface area contributed by atoms with Crippen LogP contribution >= 0.6 is 0 Å². The van der Waals surface area contributed by atoms with Crippen molar-refractivity contribution in [1.29, 1.82) is 0 Å². The number of para-hydroxylation sites is 1. The van der Waals surface area contributed by atoms with Gasteiger partial charge in [0.05, 0.1) is 12.8 Å². The van der Waals surface area contributed by atoms with Crippen LogP contribution in [0.25, 0.3) is 0 Å². The van der Waals surface area contributed by atoms with E-state index in [0.717, 1.165) is 32.1 Å².